The van der Waals surface area contributed by atoms with Crippen molar-refractivity contribution < 1.29 is 4.74 Å². The van der Waals surface area contributed by atoms with Crippen LogP contribution in [0.4, 0.5) is 5.82 Å². The van der Waals surface area contributed by atoms with Crippen LogP contribution in [0.1, 0.15) is 23.7 Å². The van der Waals surface area contributed by atoms with Crippen molar-refractivity contribution in [2.75, 3.05) is 18.1 Å². The topological polar surface area (TPSA) is 74.9 Å². The van der Waals surface area contributed by atoms with Crippen molar-refractivity contribution in [3.8, 4) is 11.9 Å². The minimum Gasteiger partial charge on any atom is -0.478 e. The van der Waals surface area contributed by atoms with Crippen LogP contribution in [-0.2, 0) is 13.0 Å². The Labute approximate surface area is 123 Å². The number of fused-ring (bicyclic) bond motifs is 1. The molecule has 1 aliphatic heterocycles. The Kier molecular flexibility index (Phi) is 3.65. The maximum absolute atomic E-state index is 8.83. The van der Waals surface area contributed by atoms with Gasteiger partial charge in [0.25, 0.3) is 0 Å². The predicted octanol–water partition coefficient (Wildman–Crippen LogP) is 1.70. The monoisotopic (exact) mass is 281 g/mol. The van der Waals surface area contributed by atoms with Crippen molar-refractivity contribution in [1.29, 1.82) is 5.26 Å². The van der Waals surface area contributed by atoms with Crippen LogP contribution in [0.25, 0.3) is 0 Å². The summed E-state index contributed by atoms with van der Waals surface area (Å²) in [7, 11) is 0. The van der Waals surface area contributed by atoms with Crippen LogP contribution in [0, 0.1) is 11.3 Å². The van der Waals surface area contributed by atoms with Crippen LogP contribution in [-0.4, -0.2) is 28.1 Å². The first kappa shape index (κ1) is 13.3. The Morgan fingerprint density at radius 3 is 2.95 bits per heavy atom. The second-order valence-electron chi connectivity index (χ2n) is 4.73. The molecule has 2 aromatic heterocycles. The van der Waals surface area contributed by atoms with Crippen LogP contribution < -0.4 is 9.64 Å². The first-order valence-corrected chi connectivity index (χ1v) is 6.88. The number of nitriles is 1. The van der Waals surface area contributed by atoms with E-state index in [1.165, 1.54) is 0 Å². The summed E-state index contributed by atoms with van der Waals surface area (Å²) in [6, 6.07) is 5.73. The molecule has 3 heterocycles. The van der Waals surface area contributed by atoms with Crippen LogP contribution in [0.3, 0.4) is 0 Å². The molecule has 0 N–H and O–H groups in total. The lowest BCUT2D eigenvalue weighted by atomic mass is 10.1. The molecule has 0 atom stereocenters. The van der Waals surface area contributed by atoms with Gasteiger partial charge < -0.3 is 9.64 Å². The molecule has 0 saturated heterocycles. The molecule has 2 aromatic rings. The summed E-state index contributed by atoms with van der Waals surface area (Å²) in [5, 5.41) is 8.83. The van der Waals surface area contributed by atoms with Gasteiger partial charge in [-0.15, -0.1) is 0 Å². The maximum Gasteiger partial charge on any atom is 0.221 e. The van der Waals surface area contributed by atoms with E-state index in [1.807, 2.05) is 13.0 Å². The van der Waals surface area contributed by atoms with Gasteiger partial charge in [0, 0.05) is 19.2 Å². The number of aromatic nitrogens is 3. The number of nitrogens with zero attached hydrogens (tertiary/aromatic N) is 5. The van der Waals surface area contributed by atoms with Gasteiger partial charge in [0.15, 0.2) is 0 Å². The molecule has 106 valence electrons. The smallest absolute Gasteiger partial charge is 0.221 e. The average molecular weight is 281 g/mol. The molecule has 0 saturated carbocycles. The second-order valence-corrected chi connectivity index (χ2v) is 4.73. The molecular formula is C15H15N5O. The molecule has 0 amide bonds. The number of pyridine rings is 1. The lowest BCUT2D eigenvalue weighted by Crippen LogP contribution is -2.32. The average Bonchev–Trinajstić information content (AvgIpc) is 2.55. The lowest BCUT2D eigenvalue weighted by molar-refractivity contribution is 0.320. The third kappa shape index (κ3) is 2.63. The van der Waals surface area contributed by atoms with E-state index in [0.717, 1.165) is 30.0 Å². The summed E-state index contributed by atoms with van der Waals surface area (Å²) in [4.78, 5) is 15.0. The molecule has 0 aliphatic carbocycles. The summed E-state index contributed by atoms with van der Waals surface area (Å²) < 4.78 is 5.58. The fourth-order valence-corrected chi connectivity index (χ4v) is 2.41. The summed E-state index contributed by atoms with van der Waals surface area (Å²) in [6.45, 7) is 4.04. The molecule has 0 bridgehead atoms. The predicted molar refractivity (Wildman–Crippen MR) is 76.9 cm³/mol. The van der Waals surface area contributed by atoms with Gasteiger partial charge in [0.1, 0.15) is 18.2 Å². The van der Waals surface area contributed by atoms with Gasteiger partial charge in [-0.05, 0) is 19.1 Å². The van der Waals surface area contributed by atoms with Crippen molar-refractivity contribution in [3.63, 3.8) is 0 Å². The molecule has 3 rings (SSSR count). The van der Waals surface area contributed by atoms with Crippen LogP contribution >= 0.6 is 0 Å². The fourth-order valence-electron chi connectivity index (χ4n) is 2.41. The van der Waals surface area contributed by atoms with Crippen molar-refractivity contribution in [2.24, 2.45) is 0 Å². The van der Waals surface area contributed by atoms with Crippen molar-refractivity contribution in [3.05, 3.63) is 41.5 Å². The van der Waals surface area contributed by atoms with E-state index in [0.29, 0.717) is 24.6 Å². The van der Waals surface area contributed by atoms with E-state index in [2.05, 4.69) is 25.9 Å². The fraction of sp³-hybridized carbons (Fsp3) is 0.333. The van der Waals surface area contributed by atoms with Crippen LogP contribution in [0.2, 0.25) is 0 Å². The normalized spacial score (nSPS) is 13.4. The highest BCUT2D eigenvalue weighted by Crippen LogP contribution is 2.27. The number of anilines is 1. The summed E-state index contributed by atoms with van der Waals surface area (Å²) in [5.41, 5.74) is 2.63. The standard InChI is InChI=1S/C15H15N5O/c1-2-21-15-12-9-20(6-5-13(12)18-10-19-15)14-4-3-11(7-16)8-17-14/h3-4,8,10H,2,5-6,9H2,1H3. The van der Waals surface area contributed by atoms with E-state index in [-0.39, 0.29) is 0 Å². The second kappa shape index (κ2) is 5.75. The first-order valence-electron chi connectivity index (χ1n) is 6.88. The first-order chi connectivity index (χ1) is 10.3. The largest absolute Gasteiger partial charge is 0.478 e. The molecule has 21 heavy (non-hydrogen) atoms. The Hall–Kier alpha value is -2.68. The van der Waals surface area contributed by atoms with Crippen LogP contribution in [0.5, 0.6) is 5.88 Å². The van der Waals surface area contributed by atoms with Gasteiger partial charge in [0.05, 0.1) is 30.0 Å². The molecule has 0 aromatic carbocycles. The zero-order valence-corrected chi connectivity index (χ0v) is 11.8. The molecular weight excluding hydrogens is 266 g/mol. The number of rotatable bonds is 3. The zero-order valence-electron chi connectivity index (χ0n) is 11.8. The quantitative estimate of drug-likeness (QED) is 0.852. The maximum atomic E-state index is 8.83. The highest BCUT2D eigenvalue weighted by molar-refractivity contribution is 5.46. The van der Waals surface area contributed by atoms with E-state index in [9.17, 15) is 0 Å². The molecule has 0 radical (unpaired) electrons. The Morgan fingerprint density at radius 1 is 1.33 bits per heavy atom. The lowest BCUT2D eigenvalue weighted by Gasteiger charge is -2.29. The van der Waals surface area contributed by atoms with Gasteiger partial charge >= 0.3 is 0 Å². The van der Waals surface area contributed by atoms with Gasteiger partial charge in [-0.3, -0.25) is 0 Å². The third-order valence-electron chi connectivity index (χ3n) is 3.44. The van der Waals surface area contributed by atoms with Gasteiger partial charge in [-0.25, -0.2) is 15.0 Å². The number of hydrogen-bond acceptors (Lipinski definition) is 6. The van der Waals surface area contributed by atoms with Gasteiger partial charge in [-0.2, -0.15) is 5.26 Å². The Bertz CT molecular complexity index is 677. The molecule has 0 fully saturated rings. The summed E-state index contributed by atoms with van der Waals surface area (Å²) in [5.74, 6) is 1.51. The van der Waals surface area contributed by atoms with E-state index in [4.69, 9.17) is 10.00 Å². The minimum absolute atomic E-state index is 0.564. The molecule has 1 aliphatic rings. The Balaban J connectivity index is 1.87. The summed E-state index contributed by atoms with van der Waals surface area (Å²) >= 11 is 0. The highest BCUT2D eigenvalue weighted by Gasteiger charge is 2.22. The molecule has 6 nitrogen and oxygen atoms in total. The highest BCUT2D eigenvalue weighted by atomic mass is 16.5. The van der Waals surface area contributed by atoms with Gasteiger partial charge in [-0.1, -0.05) is 0 Å². The third-order valence-corrected chi connectivity index (χ3v) is 3.44. The van der Waals surface area contributed by atoms with Gasteiger partial charge in [0.2, 0.25) is 5.88 Å². The van der Waals surface area contributed by atoms with Crippen molar-refractivity contribution >= 4 is 5.82 Å². The molecule has 0 unspecified atom stereocenters. The van der Waals surface area contributed by atoms with Crippen LogP contribution in [0.15, 0.2) is 24.7 Å². The Morgan fingerprint density at radius 2 is 2.24 bits per heavy atom. The van der Waals surface area contributed by atoms with Crippen molar-refractivity contribution in [2.45, 2.75) is 19.9 Å². The SMILES string of the molecule is CCOc1ncnc2c1CN(c1ccc(C#N)cn1)CC2. The van der Waals surface area contributed by atoms with E-state index < -0.39 is 0 Å². The number of hydrogen-bond donors (Lipinski definition) is 0. The van der Waals surface area contributed by atoms with E-state index in [1.54, 1.807) is 18.6 Å². The molecule has 0 spiro atoms. The van der Waals surface area contributed by atoms with Crippen molar-refractivity contribution in [1.82, 2.24) is 15.0 Å². The zero-order chi connectivity index (χ0) is 14.7. The number of ether oxygens (including phenoxy) is 1. The summed E-state index contributed by atoms with van der Waals surface area (Å²) in [6.07, 6.45) is 3.98. The van der Waals surface area contributed by atoms with E-state index >= 15 is 0 Å². The minimum atomic E-state index is 0.564. The molecule has 6 heteroatoms.